The lowest BCUT2D eigenvalue weighted by molar-refractivity contribution is 0.599. The van der Waals surface area contributed by atoms with Crippen LogP contribution in [0.1, 0.15) is 19.3 Å². The van der Waals surface area contributed by atoms with Crippen molar-refractivity contribution in [3.8, 4) is 0 Å². The van der Waals surface area contributed by atoms with Crippen LogP contribution in [0.3, 0.4) is 0 Å². The van der Waals surface area contributed by atoms with Gasteiger partial charge in [0.1, 0.15) is 0 Å². The van der Waals surface area contributed by atoms with Crippen molar-refractivity contribution in [2.45, 2.75) is 19.3 Å². The SMILES string of the molecule is C1CCNNSCC1. The van der Waals surface area contributed by atoms with Crippen LogP contribution in [-0.2, 0) is 0 Å². The number of rotatable bonds is 0. The fourth-order valence-electron chi connectivity index (χ4n) is 0.717. The van der Waals surface area contributed by atoms with Gasteiger partial charge in [0.2, 0.25) is 0 Å². The van der Waals surface area contributed by atoms with Crippen LogP contribution in [0, 0.1) is 0 Å². The van der Waals surface area contributed by atoms with E-state index in [0.29, 0.717) is 0 Å². The predicted octanol–water partition coefficient (Wildman–Crippen LogP) is 0.913. The third kappa shape index (κ3) is 2.55. The van der Waals surface area contributed by atoms with Gasteiger partial charge >= 0.3 is 0 Å². The number of nitrogens with one attached hydrogen (secondary N) is 2. The fourth-order valence-corrected chi connectivity index (χ4v) is 1.37. The van der Waals surface area contributed by atoms with Crippen LogP contribution in [0.5, 0.6) is 0 Å². The van der Waals surface area contributed by atoms with Gasteiger partial charge in [0.05, 0.1) is 0 Å². The third-order valence-electron chi connectivity index (χ3n) is 1.19. The van der Waals surface area contributed by atoms with Crippen LogP contribution < -0.4 is 10.3 Å². The molecule has 0 amide bonds. The van der Waals surface area contributed by atoms with Crippen LogP contribution in [0.25, 0.3) is 0 Å². The van der Waals surface area contributed by atoms with Gasteiger partial charge in [-0.1, -0.05) is 18.4 Å². The van der Waals surface area contributed by atoms with Crippen molar-refractivity contribution < 1.29 is 0 Å². The molecular formula is C5H12N2S. The first-order valence-corrected chi connectivity index (χ1v) is 4.08. The molecule has 0 aromatic rings. The largest absolute Gasteiger partial charge is 0.248 e. The van der Waals surface area contributed by atoms with Crippen LogP contribution in [0.2, 0.25) is 0 Å². The minimum atomic E-state index is 1.12. The summed E-state index contributed by atoms with van der Waals surface area (Å²) in [6.45, 7) is 1.12. The molecule has 2 N–H and O–H groups in total. The molecule has 3 heteroatoms. The summed E-state index contributed by atoms with van der Waals surface area (Å²) in [5.74, 6) is 1.24. The Kier molecular flexibility index (Phi) is 3.34. The summed E-state index contributed by atoms with van der Waals surface area (Å²) in [7, 11) is 0. The van der Waals surface area contributed by atoms with Crippen LogP contribution in [-0.4, -0.2) is 12.3 Å². The van der Waals surface area contributed by atoms with E-state index < -0.39 is 0 Å². The average molecular weight is 132 g/mol. The van der Waals surface area contributed by atoms with Gasteiger partial charge in [-0.3, -0.25) is 0 Å². The number of hydrogen-bond donors (Lipinski definition) is 2. The lowest BCUT2D eigenvalue weighted by atomic mass is 10.2. The second-order valence-electron chi connectivity index (χ2n) is 1.94. The van der Waals surface area contributed by atoms with E-state index in [1.165, 1.54) is 25.0 Å². The standard InChI is InChI=1S/C5H12N2S/c1-2-4-6-7-8-5-3-1/h6-7H,1-5H2. The fraction of sp³-hybridized carbons (Fsp3) is 1.00. The molecular weight excluding hydrogens is 120 g/mol. The lowest BCUT2D eigenvalue weighted by Crippen LogP contribution is -2.28. The van der Waals surface area contributed by atoms with Gasteiger partial charge in [0, 0.05) is 12.3 Å². The van der Waals surface area contributed by atoms with Gasteiger partial charge in [-0.05, 0) is 12.8 Å². The van der Waals surface area contributed by atoms with E-state index in [-0.39, 0.29) is 0 Å². The number of hydrazine groups is 1. The second kappa shape index (κ2) is 4.18. The smallest absolute Gasteiger partial charge is 0.0109 e. The van der Waals surface area contributed by atoms with Gasteiger partial charge in [-0.15, -0.1) is 0 Å². The minimum absolute atomic E-state index is 1.12. The zero-order chi connectivity index (χ0) is 5.66. The average Bonchev–Trinajstić information content (AvgIpc) is 1.62. The molecule has 0 aromatic carbocycles. The highest BCUT2D eigenvalue weighted by Gasteiger charge is 1.93. The summed E-state index contributed by atoms with van der Waals surface area (Å²) in [6.07, 6.45) is 4.05. The van der Waals surface area contributed by atoms with Crippen molar-refractivity contribution in [2.75, 3.05) is 12.3 Å². The van der Waals surface area contributed by atoms with E-state index in [0.717, 1.165) is 6.54 Å². The Labute approximate surface area is 54.5 Å². The van der Waals surface area contributed by atoms with E-state index in [4.69, 9.17) is 0 Å². The van der Waals surface area contributed by atoms with Gasteiger partial charge in [-0.2, -0.15) is 0 Å². The van der Waals surface area contributed by atoms with Crippen molar-refractivity contribution in [3.05, 3.63) is 0 Å². The van der Waals surface area contributed by atoms with Crippen molar-refractivity contribution in [1.82, 2.24) is 10.3 Å². The van der Waals surface area contributed by atoms with E-state index in [1.807, 2.05) is 0 Å². The maximum absolute atomic E-state index is 3.10. The molecule has 0 spiro atoms. The molecule has 0 atom stereocenters. The molecule has 0 saturated carbocycles. The molecule has 0 bridgehead atoms. The Morgan fingerprint density at radius 3 is 3.12 bits per heavy atom. The molecule has 0 aromatic heterocycles. The first-order valence-electron chi connectivity index (χ1n) is 3.10. The lowest BCUT2D eigenvalue weighted by Gasteiger charge is -2.09. The Bertz CT molecular complexity index is 34.4. The molecule has 1 aliphatic rings. The van der Waals surface area contributed by atoms with E-state index in [1.54, 1.807) is 11.9 Å². The molecule has 1 aliphatic heterocycles. The molecule has 2 nitrogen and oxygen atoms in total. The highest BCUT2D eigenvalue weighted by Crippen LogP contribution is 2.03. The molecule has 1 heterocycles. The van der Waals surface area contributed by atoms with Crippen LogP contribution in [0.4, 0.5) is 0 Å². The number of hydrogen-bond acceptors (Lipinski definition) is 3. The first kappa shape index (κ1) is 6.39. The van der Waals surface area contributed by atoms with E-state index in [9.17, 15) is 0 Å². The summed E-state index contributed by atoms with van der Waals surface area (Å²) in [5, 5.41) is 0. The summed E-state index contributed by atoms with van der Waals surface area (Å²) in [6, 6.07) is 0. The Balaban J connectivity index is 2.00. The molecule has 0 aliphatic carbocycles. The van der Waals surface area contributed by atoms with E-state index in [2.05, 4.69) is 10.3 Å². The highest BCUT2D eigenvalue weighted by molar-refractivity contribution is 7.97. The van der Waals surface area contributed by atoms with Crippen LogP contribution >= 0.6 is 11.9 Å². The van der Waals surface area contributed by atoms with Crippen molar-refractivity contribution in [2.24, 2.45) is 0 Å². The normalized spacial score (nSPS) is 24.0. The topological polar surface area (TPSA) is 24.1 Å². The first-order chi connectivity index (χ1) is 4.00. The summed E-state index contributed by atoms with van der Waals surface area (Å²) in [5.41, 5.74) is 3.10. The maximum atomic E-state index is 3.10. The van der Waals surface area contributed by atoms with Gasteiger partial charge < -0.3 is 0 Å². The Morgan fingerprint density at radius 2 is 2.12 bits per heavy atom. The molecule has 8 heavy (non-hydrogen) atoms. The van der Waals surface area contributed by atoms with Crippen LogP contribution in [0.15, 0.2) is 0 Å². The summed E-state index contributed by atoms with van der Waals surface area (Å²) in [4.78, 5) is 3.05. The molecule has 0 radical (unpaired) electrons. The Hall–Kier alpha value is 0.270. The molecule has 48 valence electrons. The maximum Gasteiger partial charge on any atom is 0.0109 e. The quantitative estimate of drug-likeness (QED) is 0.479. The van der Waals surface area contributed by atoms with Gasteiger partial charge in [0.25, 0.3) is 0 Å². The zero-order valence-electron chi connectivity index (χ0n) is 4.94. The highest BCUT2D eigenvalue weighted by atomic mass is 32.2. The summed E-state index contributed by atoms with van der Waals surface area (Å²) < 4.78 is 0. The molecule has 1 rings (SSSR count). The predicted molar refractivity (Wildman–Crippen MR) is 37.4 cm³/mol. The van der Waals surface area contributed by atoms with Crippen molar-refractivity contribution >= 4 is 11.9 Å². The molecule has 1 saturated heterocycles. The van der Waals surface area contributed by atoms with E-state index >= 15 is 0 Å². The Morgan fingerprint density at radius 1 is 1.12 bits per heavy atom. The summed E-state index contributed by atoms with van der Waals surface area (Å²) >= 11 is 1.77. The molecule has 1 fully saturated rings. The van der Waals surface area contributed by atoms with Crippen molar-refractivity contribution in [1.29, 1.82) is 0 Å². The van der Waals surface area contributed by atoms with Gasteiger partial charge in [0.15, 0.2) is 0 Å². The third-order valence-corrected chi connectivity index (χ3v) is 1.97. The van der Waals surface area contributed by atoms with Gasteiger partial charge in [-0.25, -0.2) is 10.3 Å². The van der Waals surface area contributed by atoms with Crippen molar-refractivity contribution in [3.63, 3.8) is 0 Å². The second-order valence-corrected chi connectivity index (χ2v) is 2.84. The molecule has 0 unspecified atom stereocenters. The minimum Gasteiger partial charge on any atom is -0.248 e. The zero-order valence-corrected chi connectivity index (χ0v) is 5.76. The monoisotopic (exact) mass is 132 g/mol.